The third-order valence-electron chi connectivity index (χ3n) is 2.71. The molecule has 2 aromatic carbocycles. The number of nitrogens with one attached hydrogen (secondary N) is 2. The molecule has 0 aliphatic heterocycles. The Morgan fingerprint density at radius 1 is 1.00 bits per heavy atom. The molecule has 3 nitrogen and oxygen atoms in total. The summed E-state index contributed by atoms with van der Waals surface area (Å²) in [7, 11) is 0. The number of anilines is 2. The Morgan fingerprint density at radius 3 is 2.35 bits per heavy atom. The Hall–Kier alpha value is -1.71. The van der Waals surface area contributed by atoms with Crippen molar-refractivity contribution in [2.45, 2.75) is 13.0 Å². The number of rotatable bonds is 4. The number of hydrogen-bond donors (Lipinski definition) is 2. The lowest BCUT2D eigenvalue weighted by atomic mass is 10.2. The van der Waals surface area contributed by atoms with Crippen molar-refractivity contribution in [2.24, 2.45) is 0 Å². The molecule has 0 aliphatic rings. The molecular formula is C15H14Cl2N2O. The van der Waals surface area contributed by atoms with Gasteiger partial charge in [0.05, 0.1) is 0 Å². The van der Waals surface area contributed by atoms with Gasteiger partial charge in [-0.3, -0.25) is 4.79 Å². The first-order valence-corrected chi connectivity index (χ1v) is 6.89. The minimum Gasteiger partial charge on any atom is -0.374 e. The third-order valence-corrected chi connectivity index (χ3v) is 3.20. The summed E-state index contributed by atoms with van der Waals surface area (Å²) in [6.45, 7) is 1.79. The van der Waals surface area contributed by atoms with Gasteiger partial charge in [0, 0.05) is 21.4 Å². The largest absolute Gasteiger partial charge is 0.374 e. The number of amides is 1. The van der Waals surface area contributed by atoms with E-state index in [4.69, 9.17) is 23.2 Å². The number of hydrogen-bond acceptors (Lipinski definition) is 2. The predicted octanol–water partition coefficient (Wildman–Crippen LogP) is 4.43. The van der Waals surface area contributed by atoms with E-state index in [1.165, 1.54) is 0 Å². The maximum Gasteiger partial charge on any atom is 0.246 e. The Kier molecular flexibility index (Phi) is 4.88. The van der Waals surface area contributed by atoms with Gasteiger partial charge in [-0.1, -0.05) is 29.3 Å². The molecule has 0 fully saturated rings. The zero-order chi connectivity index (χ0) is 14.5. The summed E-state index contributed by atoms with van der Waals surface area (Å²) >= 11 is 11.7. The second-order valence-corrected chi connectivity index (χ2v) is 5.25. The molecule has 0 radical (unpaired) electrons. The van der Waals surface area contributed by atoms with Crippen LogP contribution in [-0.4, -0.2) is 11.9 Å². The van der Waals surface area contributed by atoms with E-state index in [0.717, 1.165) is 5.69 Å². The molecule has 0 spiro atoms. The average molecular weight is 309 g/mol. The van der Waals surface area contributed by atoms with E-state index < -0.39 is 0 Å². The molecule has 2 aromatic rings. The van der Waals surface area contributed by atoms with Crippen LogP contribution in [0.3, 0.4) is 0 Å². The van der Waals surface area contributed by atoms with Crippen molar-refractivity contribution < 1.29 is 4.79 Å². The Balaban J connectivity index is 1.96. The van der Waals surface area contributed by atoms with Crippen LogP contribution < -0.4 is 10.6 Å². The summed E-state index contributed by atoms with van der Waals surface area (Å²) in [5, 5.41) is 7.15. The lowest BCUT2D eigenvalue weighted by Crippen LogP contribution is -2.31. The Morgan fingerprint density at radius 2 is 1.70 bits per heavy atom. The molecule has 1 amide bonds. The van der Waals surface area contributed by atoms with Crippen LogP contribution in [0.1, 0.15) is 6.92 Å². The highest BCUT2D eigenvalue weighted by Crippen LogP contribution is 2.17. The molecule has 1 atom stereocenters. The van der Waals surface area contributed by atoms with Crippen molar-refractivity contribution >= 4 is 40.5 Å². The second-order valence-electron chi connectivity index (χ2n) is 4.37. The van der Waals surface area contributed by atoms with Gasteiger partial charge in [-0.05, 0) is 49.4 Å². The summed E-state index contributed by atoms with van der Waals surface area (Å²) in [6, 6.07) is 13.8. The third kappa shape index (κ3) is 4.15. The van der Waals surface area contributed by atoms with E-state index in [0.29, 0.717) is 15.7 Å². The van der Waals surface area contributed by atoms with Crippen LogP contribution >= 0.6 is 23.2 Å². The highest BCUT2D eigenvalue weighted by molar-refractivity contribution is 6.31. The summed E-state index contributed by atoms with van der Waals surface area (Å²) < 4.78 is 0. The molecule has 0 unspecified atom stereocenters. The van der Waals surface area contributed by atoms with Crippen LogP contribution in [0.25, 0.3) is 0 Å². The van der Waals surface area contributed by atoms with Gasteiger partial charge >= 0.3 is 0 Å². The number of carbonyl (C=O) groups excluding carboxylic acids is 1. The normalized spacial score (nSPS) is 11.8. The van der Waals surface area contributed by atoms with Gasteiger partial charge in [0.25, 0.3) is 0 Å². The van der Waals surface area contributed by atoms with Gasteiger partial charge in [-0.15, -0.1) is 0 Å². The quantitative estimate of drug-likeness (QED) is 0.877. The molecule has 0 aliphatic carbocycles. The molecule has 0 bridgehead atoms. The Labute approximate surface area is 127 Å². The monoisotopic (exact) mass is 308 g/mol. The van der Waals surface area contributed by atoms with Crippen LogP contribution in [0.15, 0.2) is 48.5 Å². The van der Waals surface area contributed by atoms with Crippen molar-refractivity contribution in [1.29, 1.82) is 0 Å². The Bertz CT molecular complexity index is 599. The van der Waals surface area contributed by atoms with Crippen LogP contribution in [0.2, 0.25) is 10.0 Å². The minimum absolute atomic E-state index is 0.137. The van der Waals surface area contributed by atoms with Crippen molar-refractivity contribution in [1.82, 2.24) is 0 Å². The van der Waals surface area contributed by atoms with E-state index in [2.05, 4.69) is 10.6 Å². The molecule has 104 valence electrons. The van der Waals surface area contributed by atoms with Gasteiger partial charge in [0.1, 0.15) is 6.04 Å². The molecule has 0 aromatic heterocycles. The smallest absolute Gasteiger partial charge is 0.246 e. The van der Waals surface area contributed by atoms with Crippen LogP contribution in [0.4, 0.5) is 11.4 Å². The van der Waals surface area contributed by atoms with Gasteiger partial charge in [-0.2, -0.15) is 0 Å². The zero-order valence-electron chi connectivity index (χ0n) is 10.9. The average Bonchev–Trinajstić information content (AvgIpc) is 2.41. The highest BCUT2D eigenvalue weighted by Gasteiger charge is 2.12. The van der Waals surface area contributed by atoms with Crippen molar-refractivity contribution in [2.75, 3.05) is 10.6 Å². The van der Waals surface area contributed by atoms with E-state index in [-0.39, 0.29) is 11.9 Å². The number of benzene rings is 2. The van der Waals surface area contributed by atoms with Gasteiger partial charge < -0.3 is 10.6 Å². The highest BCUT2D eigenvalue weighted by atomic mass is 35.5. The molecule has 5 heteroatoms. The number of carbonyl (C=O) groups is 1. The summed E-state index contributed by atoms with van der Waals surface area (Å²) in [4.78, 5) is 12.1. The summed E-state index contributed by atoms with van der Waals surface area (Å²) in [6.07, 6.45) is 0. The minimum atomic E-state index is -0.379. The molecule has 0 heterocycles. The van der Waals surface area contributed by atoms with E-state index in [9.17, 15) is 4.79 Å². The fourth-order valence-electron chi connectivity index (χ4n) is 1.68. The lowest BCUT2D eigenvalue weighted by Gasteiger charge is -2.15. The maximum absolute atomic E-state index is 12.1. The van der Waals surface area contributed by atoms with Crippen molar-refractivity contribution in [3.05, 3.63) is 58.6 Å². The zero-order valence-corrected chi connectivity index (χ0v) is 12.4. The van der Waals surface area contributed by atoms with Crippen molar-refractivity contribution in [3.63, 3.8) is 0 Å². The van der Waals surface area contributed by atoms with Gasteiger partial charge in [0.2, 0.25) is 5.91 Å². The maximum atomic E-state index is 12.1. The van der Waals surface area contributed by atoms with E-state index >= 15 is 0 Å². The summed E-state index contributed by atoms with van der Waals surface area (Å²) in [5.41, 5.74) is 1.51. The molecule has 2 rings (SSSR count). The predicted molar refractivity (Wildman–Crippen MR) is 84.6 cm³/mol. The lowest BCUT2D eigenvalue weighted by molar-refractivity contribution is -0.116. The van der Waals surface area contributed by atoms with Crippen LogP contribution in [-0.2, 0) is 4.79 Å². The molecule has 0 saturated carbocycles. The molecule has 20 heavy (non-hydrogen) atoms. The topological polar surface area (TPSA) is 41.1 Å². The summed E-state index contributed by atoms with van der Waals surface area (Å²) in [5.74, 6) is -0.137. The van der Waals surface area contributed by atoms with E-state index in [1.54, 1.807) is 43.3 Å². The second kappa shape index (κ2) is 6.64. The first kappa shape index (κ1) is 14.7. The fourth-order valence-corrected chi connectivity index (χ4v) is 1.99. The SMILES string of the molecule is C[C@@H](Nc1ccc(Cl)cc1)C(=O)Nc1cccc(Cl)c1. The van der Waals surface area contributed by atoms with Gasteiger partial charge in [0.15, 0.2) is 0 Å². The molecule has 2 N–H and O–H groups in total. The van der Waals surface area contributed by atoms with Crippen molar-refractivity contribution in [3.8, 4) is 0 Å². The standard InChI is InChI=1S/C15H14Cl2N2O/c1-10(18-13-7-5-11(16)6-8-13)15(20)19-14-4-2-3-12(17)9-14/h2-10,18H,1H3,(H,19,20)/t10-/m1/s1. The first-order valence-electron chi connectivity index (χ1n) is 6.13. The van der Waals surface area contributed by atoms with Crippen LogP contribution in [0.5, 0.6) is 0 Å². The number of halogens is 2. The van der Waals surface area contributed by atoms with Gasteiger partial charge in [-0.25, -0.2) is 0 Å². The fraction of sp³-hybridized carbons (Fsp3) is 0.133. The van der Waals surface area contributed by atoms with Crippen LogP contribution in [0, 0.1) is 0 Å². The van der Waals surface area contributed by atoms with E-state index in [1.807, 2.05) is 12.1 Å². The molecular weight excluding hydrogens is 295 g/mol. The first-order chi connectivity index (χ1) is 9.54. The molecule has 0 saturated heterocycles.